The van der Waals surface area contributed by atoms with E-state index < -0.39 is 44.5 Å². The van der Waals surface area contributed by atoms with Gasteiger partial charge < -0.3 is 0 Å². The molecule has 0 aliphatic carbocycles. The van der Waals surface area contributed by atoms with E-state index in [1.807, 2.05) is 5.43 Å². The summed E-state index contributed by atoms with van der Waals surface area (Å²) in [6.45, 7) is 0. The number of nitrogens with one attached hydrogen (secondary N) is 1. The molecule has 0 atom stereocenters. The Kier molecular flexibility index (Phi) is 5.14. The number of halogens is 4. The van der Waals surface area contributed by atoms with Gasteiger partial charge in [0.25, 0.3) is 0 Å². The minimum atomic E-state index is -5.01. The fraction of sp³-hybridized carbons (Fsp3) is 0.0714. The third kappa shape index (κ3) is 4.28. The second kappa shape index (κ2) is 7.13. The average molecular weight is 372 g/mol. The number of rotatable bonds is 5. The van der Waals surface area contributed by atoms with Crippen molar-refractivity contribution in [3.8, 4) is 0 Å². The number of nitro groups is 2. The van der Waals surface area contributed by atoms with Gasteiger partial charge in [0, 0.05) is 12.1 Å². The summed E-state index contributed by atoms with van der Waals surface area (Å²) in [7, 11) is 0. The van der Waals surface area contributed by atoms with Crippen LogP contribution >= 0.6 is 0 Å². The van der Waals surface area contributed by atoms with Gasteiger partial charge in [-0.2, -0.15) is 18.3 Å². The van der Waals surface area contributed by atoms with E-state index in [1.54, 1.807) is 0 Å². The molecule has 0 spiro atoms. The second-order valence-electron chi connectivity index (χ2n) is 4.82. The van der Waals surface area contributed by atoms with Crippen LogP contribution in [-0.2, 0) is 6.18 Å². The second-order valence-corrected chi connectivity index (χ2v) is 4.82. The molecule has 0 radical (unpaired) electrons. The van der Waals surface area contributed by atoms with Crippen LogP contribution in [0, 0.1) is 26.0 Å². The van der Waals surface area contributed by atoms with Gasteiger partial charge in [-0.05, 0) is 17.7 Å². The highest BCUT2D eigenvalue weighted by molar-refractivity contribution is 5.82. The lowest BCUT2D eigenvalue weighted by Gasteiger charge is -2.09. The van der Waals surface area contributed by atoms with Crippen LogP contribution in [0.2, 0.25) is 0 Å². The largest absolute Gasteiger partial charge is 0.416 e. The molecule has 0 amide bonds. The van der Waals surface area contributed by atoms with Crippen molar-refractivity contribution in [3.05, 3.63) is 73.6 Å². The molecule has 2 aromatic rings. The maximum absolute atomic E-state index is 12.8. The molecule has 0 aromatic heterocycles. The summed E-state index contributed by atoms with van der Waals surface area (Å²) in [4.78, 5) is 19.7. The molecule has 2 aromatic carbocycles. The Hall–Kier alpha value is -3.57. The number of hydrazone groups is 1. The first kappa shape index (κ1) is 18.8. The summed E-state index contributed by atoms with van der Waals surface area (Å²) in [5, 5.41) is 25.6. The first-order valence-electron chi connectivity index (χ1n) is 6.68. The number of hydrogen-bond acceptors (Lipinski definition) is 6. The summed E-state index contributed by atoms with van der Waals surface area (Å²) < 4.78 is 51.1. The molecule has 0 saturated heterocycles. The average Bonchev–Trinajstić information content (AvgIpc) is 2.55. The summed E-state index contributed by atoms with van der Waals surface area (Å²) in [5.74, 6) is -0.524. The third-order valence-electron chi connectivity index (χ3n) is 3.08. The Morgan fingerprint density at radius 3 is 1.92 bits per heavy atom. The van der Waals surface area contributed by atoms with Crippen LogP contribution in [0.25, 0.3) is 0 Å². The number of alkyl halides is 3. The Bertz CT molecular complexity index is 847. The molecule has 0 heterocycles. The summed E-state index contributed by atoms with van der Waals surface area (Å²) in [5.41, 5.74) is -2.32. The number of nitro benzene ring substituents is 2. The highest BCUT2D eigenvalue weighted by atomic mass is 19.4. The topological polar surface area (TPSA) is 111 Å². The molecule has 8 nitrogen and oxygen atoms in total. The Morgan fingerprint density at radius 2 is 1.50 bits per heavy atom. The predicted molar refractivity (Wildman–Crippen MR) is 82.4 cm³/mol. The standard InChI is InChI=1S/C14H8F4N4O4/c15-10-3-1-8(2-4-10)7-19-20-13-11(21(23)24)5-9(14(16,17)18)6-12(13)22(25)26/h1-7,20H/b19-7+. The van der Waals surface area contributed by atoms with E-state index in [0.717, 1.165) is 18.3 Å². The quantitative estimate of drug-likeness (QED) is 0.368. The number of benzene rings is 2. The SMILES string of the molecule is O=[N+]([O-])c1cc(C(F)(F)F)cc([N+](=O)[O-])c1N/N=C/c1ccc(F)cc1. The van der Waals surface area contributed by atoms with Gasteiger partial charge in [0.2, 0.25) is 5.69 Å². The summed E-state index contributed by atoms with van der Waals surface area (Å²) in [6, 6.07) is 5.15. The van der Waals surface area contributed by atoms with E-state index in [4.69, 9.17) is 0 Å². The molecule has 0 fully saturated rings. The van der Waals surface area contributed by atoms with E-state index >= 15 is 0 Å². The lowest BCUT2D eigenvalue weighted by molar-refractivity contribution is -0.392. The molecule has 136 valence electrons. The van der Waals surface area contributed by atoms with Crippen LogP contribution in [0.1, 0.15) is 11.1 Å². The molecule has 0 aliphatic rings. The van der Waals surface area contributed by atoms with Crippen molar-refractivity contribution >= 4 is 23.3 Å². The molecule has 0 unspecified atom stereocenters. The van der Waals surface area contributed by atoms with E-state index in [2.05, 4.69) is 5.10 Å². The zero-order chi connectivity index (χ0) is 19.5. The van der Waals surface area contributed by atoms with Crippen LogP contribution in [0.15, 0.2) is 41.5 Å². The molecule has 0 aliphatic heterocycles. The van der Waals surface area contributed by atoms with Gasteiger partial charge in [0.05, 0.1) is 21.6 Å². The Morgan fingerprint density at radius 1 is 1.00 bits per heavy atom. The van der Waals surface area contributed by atoms with Crippen LogP contribution < -0.4 is 5.43 Å². The maximum Gasteiger partial charge on any atom is 0.416 e. The number of hydrogen-bond donors (Lipinski definition) is 1. The predicted octanol–water partition coefficient (Wildman–Crippen LogP) is 4.11. The van der Waals surface area contributed by atoms with Crippen molar-refractivity contribution < 1.29 is 27.4 Å². The van der Waals surface area contributed by atoms with Gasteiger partial charge >= 0.3 is 17.6 Å². The molecular weight excluding hydrogens is 364 g/mol. The van der Waals surface area contributed by atoms with Crippen LogP contribution in [0.4, 0.5) is 34.6 Å². The van der Waals surface area contributed by atoms with Crippen molar-refractivity contribution in [2.24, 2.45) is 5.10 Å². The van der Waals surface area contributed by atoms with E-state index in [1.165, 1.54) is 12.1 Å². The van der Waals surface area contributed by atoms with Crippen LogP contribution in [0.3, 0.4) is 0 Å². The van der Waals surface area contributed by atoms with Crippen molar-refractivity contribution in [2.45, 2.75) is 6.18 Å². The molecule has 1 N–H and O–H groups in total. The fourth-order valence-electron chi connectivity index (χ4n) is 1.90. The monoisotopic (exact) mass is 372 g/mol. The van der Waals surface area contributed by atoms with E-state index in [0.29, 0.717) is 5.56 Å². The van der Waals surface area contributed by atoms with Gasteiger partial charge in [-0.25, -0.2) is 4.39 Å². The molecule has 2 rings (SSSR count). The Labute approximate surface area is 142 Å². The molecule has 0 bridgehead atoms. The third-order valence-corrected chi connectivity index (χ3v) is 3.08. The number of nitrogens with zero attached hydrogens (tertiary/aromatic N) is 3. The first-order valence-corrected chi connectivity index (χ1v) is 6.68. The zero-order valence-corrected chi connectivity index (χ0v) is 12.5. The van der Waals surface area contributed by atoms with Gasteiger partial charge in [0.15, 0.2) is 0 Å². The fourth-order valence-corrected chi connectivity index (χ4v) is 1.90. The van der Waals surface area contributed by atoms with Crippen LogP contribution in [0.5, 0.6) is 0 Å². The highest BCUT2D eigenvalue weighted by Gasteiger charge is 2.37. The van der Waals surface area contributed by atoms with E-state index in [9.17, 15) is 37.8 Å². The summed E-state index contributed by atoms with van der Waals surface area (Å²) >= 11 is 0. The van der Waals surface area contributed by atoms with Gasteiger partial charge in [0.1, 0.15) is 5.82 Å². The van der Waals surface area contributed by atoms with E-state index in [-0.39, 0.29) is 12.1 Å². The summed E-state index contributed by atoms with van der Waals surface area (Å²) in [6.07, 6.45) is -3.95. The van der Waals surface area contributed by atoms with Gasteiger partial charge in [-0.15, -0.1) is 0 Å². The normalized spacial score (nSPS) is 11.5. The highest BCUT2D eigenvalue weighted by Crippen LogP contribution is 2.41. The molecular formula is C14H8F4N4O4. The molecule has 0 saturated carbocycles. The molecule has 26 heavy (non-hydrogen) atoms. The van der Waals surface area contributed by atoms with Gasteiger partial charge in [-0.1, -0.05) is 12.1 Å². The maximum atomic E-state index is 12.8. The Balaban J connectivity index is 2.46. The van der Waals surface area contributed by atoms with Crippen molar-refractivity contribution in [1.29, 1.82) is 0 Å². The van der Waals surface area contributed by atoms with Crippen molar-refractivity contribution in [3.63, 3.8) is 0 Å². The van der Waals surface area contributed by atoms with Crippen LogP contribution in [-0.4, -0.2) is 16.1 Å². The molecule has 12 heteroatoms. The lowest BCUT2D eigenvalue weighted by Crippen LogP contribution is -2.09. The van der Waals surface area contributed by atoms with Crippen molar-refractivity contribution in [1.82, 2.24) is 0 Å². The minimum absolute atomic E-state index is 0.169. The van der Waals surface area contributed by atoms with Crippen molar-refractivity contribution in [2.75, 3.05) is 5.43 Å². The number of anilines is 1. The first-order chi connectivity index (χ1) is 12.1. The lowest BCUT2D eigenvalue weighted by atomic mass is 10.1. The van der Waals surface area contributed by atoms with Gasteiger partial charge in [-0.3, -0.25) is 25.7 Å². The zero-order valence-electron chi connectivity index (χ0n) is 12.5. The smallest absolute Gasteiger partial charge is 0.266 e. The minimum Gasteiger partial charge on any atom is -0.266 e.